The van der Waals surface area contributed by atoms with E-state index in [1.54, 1.807) is 0 Å². The molecule has 1 aliphatic heterocycles. The van der Waals surface area contributed by atoms with E-state index in [1.807, 2.05) is 48.2 Å². The molecule has 0 bridgehead atoms. The molecule has 1 atom stereocenters. The Kier molecular flexibility index (Phi) is 4.68. The zero-order valence-electron chi connectivity index (χ0n) is 15.9. The van der Waals surface area contributed by atoms with Crippen molar-refractivity contribution in [2.45, 2.75) is 39.7 Å². The minimum absolute atomic E-state index is 0.0969. The number of imidazole rings is 1. The number of benzene rings is 2. The van der Waals surface area contributed by atoms with E-state index in [-0.39, 0.29) is 11.8 Å². The number of para-hydroxylation sites is 2. The van der Waals surface area contributed by atoms with Crippen LogP contribution >= 0.6 is 11.6 Å². The summed E-state index contributed by atoms with van der Waals surface area (Å²) in [5.41, 5.74) is 4.05. The Balaban J connectivity index is 1.70. The smallest absolute Gasteiger partial charge is 0.227 e. The van der Waals surface area contributed by atoms with Crippen LogP contribution in [0.3, 0.4) is 0 Å². The van der Waals surface area contributed by atoms with Crippen LogP contribution in [0.5, 0.6) is 0 Å². The Bertz CT molecular complexity index is 1010. The molecule has 0 radical (unpaired) electrons. The highest BCUT2D eigenvalue weighted by atomic mass is 35.5. The molecule has 4 rings (SSSR count). The van der Waals surface area contributed by atoms with E-state index in [1.165, 1.54) is 0 Å². The molecule has 2 aromatic carbocycles. The lowest BCUT2D eigenvalue weighted by Crippen LogP contribution is -2.24. The van der Waals surface area contributed by atoms with Gasteiger partial charge in [0.1, 0.15) is 5.82 Å². The van der Waals surface area contributed by atoms with Gasteiger partial charge in [-0.3, -0.25) is 4.79 Å². The van der Waals surface area contributed by atoms with E-state index in [9.17, 15) is 4.79 Å². The Labute approximate surface area is 164 Å². The molecule has 2 heterocycles. The molecule has 0 saturated carbocycles. The van der Waals surface area contributed by atoms with Crippen molar-refractivity contribution in [1.82, 2.24) is 9.55 Å². The van der Waals surface area contributed by atoms with E-state index in [2.05, 4.69) is 24.5 Å². The van der Waals surface area contributed by atoms with Gasteiger partial charge in [0.25, 0.3) is 0 Å². The average Bonchev–Trinajstić information content (AvgIpc) is 3.18. The van der Waals surface area contributed by atoms with Crippen molar-refractivity contribution < 1.29 is 4.79 Å². The van der Waals surface area contributed by atoms with Crippen LogP contribution in [0.1, 0.15) is 37.6 Å². The van der Waals surface area contributed by atoms with E-state index in [0.717, 1.165) is 39.7 Å². The van der Waals surface area contributed by atoms with Gasteiger partial charge in [0.05, 0.1) is 11.0 Å². The summed E-state index contributed by atoms with van der Waals surface area (Å²) in [7, 11) is 0. The molecule has 0 spiro atoms. The Hall–Kier alpha value is -2.33. The van der Waals surface area contributed by atoms with Gasteiger partial charge in [-0.05, 0) is 48.7 Å². The number of hydrogen-bond donors (Lipinski definition) is 0. The van der Waals surface area contributed by atoms with Gasteiger partial charge in [-0.25, -0.2) is 4.98 Å². The molecule has 1 aliphatic rings. The fraction of sp³-hybridized carbons (Fsp3) is 0.364. The predicted molar refractivity (Wildman–Crippen MR) is 110 cm³/mol. The molecule has 0 unspecified atom stereocenters. The lowest BCUT2D eigenvalue weighted by molar-refractivity contribution is -0.117. The summed E-state index contributed by atoms with van der Waals surface area (Å²) < 4.78 is 2.30. The first-order chi connectivity index (χ1) is 12.9. The molecule has 1 fully saturated rings. The number of carbonyl (C=O) groups excluding carboxylic acids is 1. The number of amides is 1. The summed E-state index contributed by atoms with van der Waals surface area (Å²) in [6.07, 6.45) is 0.489. The fourth-order valence-electron chi connectivity index (χ4n) is 3.89. The molecule has 1 saturated heterocycles. The van der Waals surface area contributed by atoms with E-state index in [0.29, 0.717) is 18.9 Å². The number of aryl methyl sites for hydroxylation is 1. The van der Waals surface area contributed by atoms with Crippen LogP contribution in [0.25, 0.3) is 11.0 Å². The first-order valence-electron chi connectivity index (χ1n) is 9.45. The van der Waals surface area contributed by atoms with Crippen molar-refractivity contribution in [2.24, 2.45) is 5.92 Å². The molecule has 1 amide bonds. The third kappa shape index (κ3) is 3.34. The number of aromatic nitrogens is 2. The van der Waals surface area contributed by atoms with Gasteiger partial charge in [0, 0.05) is 36.1 Å². The number of nitrogens with zero attached hydrogens (tertiary/aromatic N) is 3. The minimum Gasteiger partial charge on any atom is -0.327 e. The monoisotopic (exact) mass is 381 g/mol. The van der Waals surface area contributed by atoms with Gasteiger partial charge in [-0.1, -0.05) is 37.6 Å². The summed E-state index contributed by atoms with van der Waals surface area (Å²) in [5.74, 6) is 1.77. The molecule has 3 aromatic rings. The third-order valence-corrected chi connectivity index (χ3v) is 5.60. The van der Waals surface area contributed by atoms with Crippen molar-refractivity contribution in [3.8, 4) is 0 Å². The molecule has 0 aliphatic carbocycles. The minimum atomic E-state index is 0.0969. The Morgan fingerprint density at radius 3 is 2.74 bits per heavy atom. The molecule has 140 valence electrons. The number of carbonyl (C=O) groups is 1. The van der Waals surface area contributed by atoms with Gasteiger partial charge in [0.2, 0.25) is 5.91 Å². The first kappa shape index (κ1) is 18.1. The summed E-state index contributed by atoms with van der Waals surface area (Å²) in [6.45, 7) is 7.94. The Morgan fingerprint density at radius 1 is 1.22 bits per heavy atom. The van der Waals surface area contributed by atoms with Crippen LogP contribution in [0.2, 0.25) is 5.02 Å². The Morgan fingerprint density at radius 2 is 2.00 bits per heavy atom. The number of rotatable bonds is 4. The lowest BCUT2D eigenvalue weighted by Gasteiger charge is -2.19. The largest absolute Gasteiger partial charge is 0.327 e. The van der Waals surface area contributed by atoms with E-state index >= 15 is 0 Å². The zero-order chi connectivity index (χ0) is 19.1. The second kappa shape index (κ2) is 7.01. The number of halogens is 1. The van der Waals surface area contributed by atoms with E-state index < -0.39 is 0 Å². The van der Waals surface area contributed by atoms with Gasteiger partial charge < -0.3 is 9.47 Å². The normalized spacial score (nSPS) is 17.4. The van der Waals surface area contributed by atoms with Crippen molar-refractivity contribution in [3.63, 3.8) is 0 Å². The molecule has 4 nitrogen and oxygen atoms in total. The van der Waals surface area contributed by atoms with Crippen LogP contribution < -0.4 is 4.90 Å². The molecular formula is C22H24ClN3O. The summed E-state index contributed by atoms with van der Waals surface area (Å²) in [4.78, 5) is 19.5. The number of anilines is 1. The molecule has 0 N–H and O–H groups in total. The maximum absolute atomic E-state index is 12.8. The van der Waals surface area contributed by atoms with Crippen LogP contribution in [0.15, 0.2) is 42.5 Å². The van der Waals surface area contributed by atoms with Crippen LogP contribution in [-0.4, -0.2) is 22.0 Å². The molecule has 27 heavy (non-hydrogen) atoms. The fourth-order valence-corrected chi connectivity index (χ4v) is 4.01. The second-order valence-electron chi connectivity index (χ2n) is 7.80. The number of fused-ring (bicyclic) bond motifs is 1. The molecular weight excluding hydrogens is 358 g/mol. The van der Waals surface area contributed by atoms with Crippen molar-refractivity contribution in [1.29, 1.82) is 0 Å². The lowest BCUT2D eigenvalue weighted by atomic mass is 10.1. The van der Waals surface area contributed by atoms with Crippen molar-refractivity contribution >= 4 is 34.2 Å². The third-order valence-electron chi connectivity index (χ3n) is 5.18. The summed E-state index contributed by atoms with van der Waals surface area (Å²) >= 11 is 6.15. The summed E-state index contributed by atoms with van der Waals surface area (Å²) in [5, 5.41) is 0.723. The zero-order valence-corrected chi connectivity index (χ0v) is 16.7. The SMILES string of the molecule is Cc1cc(N2C[C@@H](c3nc4ccccc4n3CC(C)C)CC2=O)ccc1Cl. The van der Waals surface area contributed by atoms with Gasteiger partial charge in [-0.2, -0.15) is 0 Å². The van der Waals surface area contributed by atoms with Crippen molar-refractivity contribution in [2.75, 3.05) is 11.4 Å². The number of hydrogen-bond acceptors (Lipinski definition) is 2. The molecule has 5 heteroatoms. The highest BCUT2D eigenvalue weighted by Crippen LogP contribution is 2.34. The van der Waals surface area contributed by atoms with E-state index in [4.69, 9.17) is 16.6 Å². The van der Waals surface area contributed by atoms with Crippen LogP contribution in [-0.2, 0) is 11.3 Å². The summed E-state index contributed by atoms with van der Waals surface area (Å²) in [6, 6.07) is 14.0. The highest BCUT2D eigenvalue weighted by Gasteiger charge is 2.35. The van der Waals surface area contributed by atoms with Crippen molar-refractivity contribution in [3.05, 3.63) is 58.9 Å². The second-order valence-corrected chi connectivity index (χ2v) is 8.21. The van der Waals surface area contributed by atoms with Gasteiger partial charge in [0.15, 0.2) is 0 Å². The van der Waals surface area contributed by atoms with Crippen LogP contribution in [0.4, 0.5) is 5.69 Å². The highest BCUT2D eigenvalue weighted by molar-refractivity contribution is 6.31. The van der Waals surface area contributed by atoms with Crippen LogP contribution in [0, 0.1) is 12.8 Å². The topological polar surface area (TPSA) is 38.1 Å². The maximum Gasteiger partial charge on any atom is 0.227 e. The average molecular weight is 382 g/mol. The quantitative estimate of drug-likeness (QED) is 0.624. The maximum atomic E-state index is 12.8. The molecule has 1 aromatic heterocycles. The van der Waals surface area contributed by atoms with Gasteiger partial charge in [-0.15, -0.1) is 0 Å². The standard InChI is InChI=1S/C22H24ClN3O/c1-14(2)12-26-20-7-5-4-6-19(20)24-22(26)16-11-21(27)25(13-16)17-8-9-18(23)15(3)10-17/h4-10,14,16H,11-13H2,1-3H3/t16-/m0/s1. The first-order valence-corrected chi connectivity index (χ1v) is 9.83. The predicted octanol–water partition coefficient (Wildman–Crippen LogP) is 5.17. The van der Waals surface area contributed by atoms with Gasteiger partial charge >= 0.3 is 0 Å².